The molecule has 1 heterocycles. The van der Waals surface area contributed by atoms with Gasteiger partial charge >= 0.3 is 5.97 Å². The fourth-order valence-electron chi connectivity index (χ4n) is 2.75. The van der Waals surface area contributed by atoms with Crippen molar-refractivity contribution in [3.8, 4) is 5.75 Å². The molecule has 0 aliphatic carbocycles. The molecule has 1 fully saturated rings. The van der Waals surface area contributed by atoms with Crippen molar-refractivity contribution in [2.75, 3.05) is 7.11 Å². The van der Waals surface area contributed by atoms with Crippen molar-refractivity contribution in [2.45, 2.75) is 19.6 Å². The van der Waals surface area contributed by atoms with E-state index >= 15 is 0 Å². The van der Waals surface area contributed by atoms with Gasteiger partial charge in [-0.2, -0.15) is 0 Å². The largest absolute Gasteiger partial charge is 0.488 e. The van der Waals surface area contributed by atoms with Crippen LogP contribution in [-0.4, -0.2) is 35.2 Å². The Morgan fingerprint density at radius 2 is 1.90 bits per heavy atom. The van der Waals surface area contributed by atoms with Crippen LogP contribution in [0.25, 0.3) is 6.08 Å². The first kappa shape index (κ1) is 22.2. The second kappa shape index (κ2) is 9.55. The Hall–Kier alpha value is -2.48. The maximum absolute atomic E-state index is 12.7. The van der Waals surface area contributed by atoms with Gasteiger partial charge in [0, 0.05) is 5.56 Å². The van der Waals surface area contributed by atoms with E-state index in [9.17, 15) is 14.4 Å². The lowest BCUT2D eigenvalue weighted by Crippen LogP contribution is -2.42. The van der Waals surface area contributed by atoms with Gasteiger partial charge in [-0.25, -0.2) is 4.79 Å². The normalized spacial score (nSPS) is 16.1. The highest BCUT2D eigenvalue weighted by atomic mass is 35.5. The molecule has 30 heavy (non-hydrogen) atoms. The third kappa shape index (κ3) is 4.80. The number of amides is 2. The topological polar surface area (TPSA) is 72.9 Å². The van der Waals surface area contributed by atoms with Crippen LogP contribution in [0, 0.1) is 0 Å². The van der Waals surface area contributed by atoms with Crippen LogP contribution in [0.4, 0.5) is 4.79 Å². The second-order valence-electron chi connectivity index (χ2n) is 6.33. The van der Waals surface area contributed by atoms with Gasteiger partial charge in [-0.1, -0.05) is 47.5 Å². The number of carbonyl (C=O) groups excluding carboxylic acids is 3. The van der Waals surface area contributed by atoms with Gasteiger partial charge in [0.25, 0.3) is 11.1 Å². The Morgan fingerprint density at radius 3 is 2.60 bits per heavy atom. The summed E-state index contributed by atoms with van der Waals surface area (Å²) in [5.74, 6) is -0.692. The Kier molecular flexibility index (Phi) is 7.07. The standard InChI is InChI=1S/C21H17Cl2NO5S/c1-12(20(26)28-2)24-19(25)18(30-21(24)27)10-14-5-3-4-6-17(14)29-11-13-7-8-15(22)16(23)9-13/h3-10,12H,11H2,1-2H3/b18-10+/t12-/m0/s1. The maximum Gasteiger partial charge on any atom is 0.328 e. The summed E-state index contributed by atoms with van der Waals surface area (Å²) in [6, 6.07) is 11.3. The number of esters is 1. The molecule has 0 spiro atoms. The highest BCUT2D eigenvalue weighted by molar-refractivity contribution is 8.18. The minimum absolute atomic E-state index is 0.196. The molecule has 0 bridgehead atoms. The van der Waals surface area contributed by atoms with Crippen molar-refractivity contribution in [2.24, 2.45) is 0 Å². The van der Waals surface area contributed by atoms with E-state index in [1.807, 2.05) is 0 Å². The summed E-state index contributed by atoms with van der Waals surface area (Å²) in [7, 11) is 1.20. The summed E-state index contributed by atoms with van der Waals surface area (Å²) in [6.07, 6.45) is 1.57. The predicted molar refractivity (Wildman–Crippen MR) is 117 cm³/mol. The molecule has 1 atom stereocenters. The quantitative estimate of drug-likeness (QED) is 0.432. The first-order valence-electron chi connectivity index (χ1n) is 8.82. The van der Waals surface area contributed by atoms with Gasteiger partial charge in [0.2, 0.25) is 0 Å². The molecule has 1 saturated heterocycles. The van der Waals surface area contributed by atoms with Crippen LogP contribution in [0.1, 0.15) is 18.1 Å². The Balaban J connectivity index is 1.81. The number of hydrogen-bond acceptors (Lipinski definition) is 6. The van der Waals surface area contributed by atoms with E-state index in [-0.39, 0.29) is 11.5 Å². The fraction of sp³-hybridized carbons (Fsp3) is 0.190. The van der Waals surface area contributed by atoms with Crippen molar-refractivity contribution >= 4 is 58.2 Å². The highest BCUT2D eigenvalue weighted by Crippen LogP contribution is 2.35. The lowest BCUT2D eigenvalue weighted by molar-refractivity contribution is -0.148. The van der Waals surface area contributed by atoms with E-state index in [2.05, 4.69) is 4.74 Å². The number of para-hydroxylation sites is 1. The van der Waals surface area contributed by atoms with E-state index in [0.717, 1.165) is 22.2 Å². The molecule has 2 amide bonds. The average molecular weight is 466 g/mol. The molecule has 1 aliphatic heterocycles. The summed E-state index contributed by atoms with van der Waals surface area (Å²) in [5.41, 5.74) is 1.44. The maximum atomic E-state index is 12.7. The number of nitrogens with zero attached hydrogens (tertiary/aromatic N) is 1. The summed E-state index contributed by atoms with van der Waals surface area (Å²) >= 11 is 12.7. The third-order valence-electron chi connectivity index (χ3n) is 4.34. The molecule has 1 aliphatic rings. The summed E-state index contributed by atoms with van der Waals surface area (Å²) in [4.78, 5) is 37.8. The number of methoxy groups -OCH3 is 1. The van der Waals surface area contributed by atoms with Crippen LogP contribution < -0.4 is 4.74 Å². The monoisotopic (exact) mass is 465 g/mol. The minimum Gasteiger partial charge on any atom is -0.488 e. The molecule has 0 aromatic heterocycles. The van der Waals surface area contributed by atoms with E-state index in [1.165, 1.54) is 14.0 Å². The molecule has 9 heteroatoms. The van der Waals surface area contributed by atoms with E-state index in [0.29, 0.717) is 21.4 Å². The minimum atomic E-state index is -1.01. The summed E-state index contributed by atoms with van der Waals surface area (Å²) in [5, 5.41) is 0.357. The Labute approximate surface area is 187 Å². The van der Waals surface area contributed by atoms with Gasteiger partial charge in [-0.15, -0.1) is 0 Å². The second-order valence-corrected chi connectivity index (χ2v) is 8.13. The lowest BCUT2D eigenvalue weighted by Gasteiger charge is -2.18. The van der Waals surface area contributed by atoms with Gasteiger partial charge < -0.3 is 9.47 Å². The molecular formula is C21H17Cl2NO5S. The molecule has 2 aromatic rings. The van der Waals surface area contributed by atoms with Crippen LogP contribution in [0.5, 0.6) is 5.75 Å². The number of hydrogen-bond donors (Lipinski definition) is 0. The van der Waals surface area contributed by atoms with Crippen LogP contribution in [0.3, 0.4) is 0 Å². The van der Waals surface area contributed by atoms with E-state index in [4.69, 9.17) is 27.9 Å². The van der Waals surface area contributed by atoms with Crippen LogP contribution >= 0.6 is 35.0 Å². The molecule has 0 N–H and O–H groups in total. The Morgan fingerprint density at radius 1 is 1.17 bits per heavy atom. The fourth-order valence-corrected chi connectivity index (χ4v) is 3.97. The zero-order valence-electron chi connectivity index (χ0n) is 16.1. The van der Waals surface area contributed by atoms with Crippen molar-refractivity contribution in [3.05, 3.63) is 68.5 Å². The lowest BCUT2D eigenvalue weighted by atomic mass is 10.1. The van der Waals surface area contributed by atoms with Gasteiger partial charge in [-0.3, -0.25) is 14.5 Å². The van der Waals surface area contributed by atoms with Crippen molar-refractivity contribution in [1.82, 2.24) is 4.90 Å². The van der Waals surface area contributed by atoms with E-state index in [1.54, 1.807) is 48.5 Å². The molecule has 0 unspecified atom stereocenters. The predicted octanol–water partition coefficient (Wildman–Crippen LogP) is 5.17. The van der Waals surface area contributed by atoms with E-state index < -0.39 is 23.2 Å². The zero-order valence-corrected chi connectivity index (χ0v) is 18.4. The molecule has 3 rings (SSSR count). The molecular weight excluding hydrogens is 449 g/mol. The number of imide groups is 1. The molecule has 6 nitrogen and oxygen atoms in total. The molecule has 2 aromatic carbocycles. The third-order valence-corrected chi connectivity index (χ3v) is 5.96. The number of halogens is 2. The van der Waals surface area contributed by atoms with Crippen molar-refractivity contribution in [3.63, 3.8) is 0 Å². The molecule has 0 saturated carbocycles. The number of benzene rings is 2. The first-order chi connectivity index (χ1) is 14.3. The van der Waals surface area contributed by atoms with Crippen molar-refractivity contribution in [1.29, 1.82) is 0 Å². The average Bonchev–Trinajstić information content (AvgIpc) is 3.01. The zero-order chi connectivity index (χ0) is 21.8. The van der Waals surface area contributed by atoms with Gasteiger partial charge in [-0.05, 0) is 48.5 Å². The van der Waals surface area contributed by atoms with Crippen LogP contribution in [0.2, 0.25) is 10.0 Å². The van der Waals surface area contributed by atoms with Gasteiger partial charge in [0.05, 0.1) is 22.1 Å². The SMILES string of the molecule is COC(=O)[C@H](C)N1C(=O)S/C(=C/c2ccccc2OCc2ccc(Cl)c(Cl)c2)C1=O. The molecule has 0 radical (unpaired) electrons. The first-order valence-corrected chi connectivity index (χ1v) is 10.4. The number of carbonyl (C=O) groups is 3. The summed E-state index contributed by atoms with van der Waals surface area (Å²) in [6.45, 7) is 1.68. The number of rotatable bonds is 6. The van der Waals surface area contributed by atoms with Gasteiger partial charge in [0.15, 0.2) is 0 Å². The van der Waals surface area contributed by atoms with Gasteiger partial charge in [0.1, 0.15) is 18.4 Å². The smallest absolute Gasteiger partial charge is 0.328 e. The number of ether oxygens (including phenoxy) is 2. The van der Waals surface area contributed by atoms with Crippen LogP contribution in [0.15, 0.2) is 47.4 Å². The van der Waals surface area contributed by atoms with Crippen molar-refractivity contribution < 1.29 is 23.9 Å². The number of thioether (sulfide) groups is 1. The molecule has 156 valence electrons. The highest BCUT2D eigenvalue weighted by Gasteiger charge is 2.41. The van der Waals surface area contributed by atoms with Crippen LogP contribution in [-0.2, 0) is 20.9 Å². The Bertz CT molecular complexity index is 1040. The summed E-state index contributed by atoms with van der Waals surface area (Å²) < 4.78 is 10.5.